The van der Waals surface area contributed by atoms with Gasteiger partial charge in [0.15, 0.2) is 0 Å². The highest BCUT2D eigenvalue weighted by atomic mass is 16.5. The van der Waals surface area contributed by atoms with Gasteiger partial charge in [-0.1, -0.05) is 82.6 Å². The molecule has 0 radical (unpaired) electrons. The lowest BCUT2D eigenvalue weighted by atomic mass is 9.98. The van der Waals surface area contributed by atoms with Crippen molar-refractivity contribution in [3.63, 3.8) is 0 Å². The van der Waals surface area contributed by atoms with Crippen LogP contribution in [0.15, 0.2) is 48.5 Å². The van der Waals surface area contributed by atoms with Crippen molar-refractivity contribution in [1.82, 2.24) is 10.6 Å². The Morgan fingerprint density at radius 3 is 1.97 bits per heavy atom. The molecule has 0 saturated carbocycles. The summed E-state index contributed by atoms with van der Waals surface area (Å²) in [5, 5.41) is 14.8. The number of fused-ring (bicyclic) bond motifs is 3. The highest BCUT2D eigenvalue weighted by Crippen LogP contribution is 2.44. The average Bonchev–Trinajstić information content (AvgIpc) is 3.15. The molecule has 0 saturated heterocycles. The summed E-state index contributed by atoms with van der Waals surface area (Å²) >= 11 is 0. The molecule has 0 fully saturated rings. The predicted octanol–water partition coefficient (Wildman–Crippen LogP) is 4.95. The number of rotatable bonds is 11. The van der Waals surface area contributed by atoms with E-state index in [1.54, 1.807) is 0 Å². The van der Waals surface area contributed by atoms with E-state index < -0.39 is 30.1 Å². The van der Waals surface area contributed by atoms with Crippen LogP contribution in [0.25, 0.3) is 11.1 Å². The number of alkyl carbamates (subject to hydrolysis) is 1. The van der Waals surface area contributed by atoms with Crippen LogP contribution in [0, 0.1) is 11.8 Å². The van der Waals surface area contributed by atoms with Crippen LogP contribution in [0.5, 0.6) is 0 Å². The summed E-state index contributed by atoms with van der Waals surface area (Å²) in [7, 11) is 0. The van der Waals surface area contributed by atoms with Gasteiger partial charge in [-0.3, -0.25) is 4.79 Å². The summed E-state index contributed by atoms with van der Waals surface area (Å²) in [5.41, 5.74) is 4.48. The van der Waals surface area contributed by atoms with E-state index in [1.807, 2.05) is 64.1 Å². The van der Waals surface area contributed by atoms with E-state index in [4.69, 9.17) is 4.74 Å². The van der Waals surface area contributed by atoms with E-state index in [0.29, 0.717) is 12.8 Å². The maximum Gasteiger partial charge on any atom is 0.407 e. The molecule has 7 heteroatoms. The second-order valence-corrected chi connectivity index (χ2v) is 9.80. The lowest BCUT2D eigenvalue weighted by Crippen LogP contribution is -2.52. The number of carboxylic acids is 1. The molecule has 0 aliphatic heterocycles. The van der Waals surface area contributed by atoms with Crippen molar-refractivity contribution < 1.29 is 24.2 Å². The number of ether oxygens (including phenoxy) is 1. The summed E-state index contributed by atoms with van der Waals surface area (Å²) in [6.07, 6.45) is 0.817. The molecule has 3 N–H and O–H groups in total. The molecule has 3 rings (SSSR count). The Morgan fingerprint density at radius 2 is 1.46 bits per heavy atom. The Balaban J connectivity index is 1.66. The SMILES string of the molecule is CCC(C)CC(NC(=O)[C@H](CC(C)C)NC(=O)OCC1c2ccccc2-c2ccccc21)C(=O)O. The third kappa shape index (κ3) is 6.62. The number of carbonyl (C=O) groups is 3. The maximum absolute atomic E-state index is 12.9. The zero-order valence-electron chi connectivity index (χ0n) is 20.9. The van der Waals surface area contributed by atoms with Gasteiger partial charge in [-0.15, -0.1) is 0 Å². The van der Waals surface area contributed by atoms with Gasteiger partial charge >= 0.3 is 12.1 Å². The van der Waals surface area contributed by atoms with E-state index in [2.05, 4.69) is 22.8 Å². The van der Waals surface area contributed by atoms with Gasteiger partial charge < -0.3 is 20.5 Å². The van der Waals surface area contributed by atoms with E-state index >= 15 is 0 Å². The molecular formula is C28H36N2O5. The summed E-state index contributed by atoms with van der Waals surface area (Å²) in [6.45, 7) is 7.94. The third-order valence-corrected chi connectivity index (χ3v) is 6.61. The van der Waals surface area contributed by atoms with Crippen molar-refractivity contribution >= 4 is 18.0 Å². The number of nitrogens with one attached hydrogen (secondary N) is 2. The number of carboxylic acid groups (broad SMARTS) is 1. The summed E-state index contributed by atoms with van der Waals surface area (Å²) < 4.78 is 5.59. The lowest BCUT2D eigenvalue weighted by molar-refractivity contribution is -0.142. The Bertz CT molecular complexity index is 1010. The Hall–Kier alpha value is -3.35. The van der Waals surface area contributed by atoms with Gasteiger partial charge in [0.05, 0.1) is 0 Å². The first-order valence-corrected chi connectivity index (χ1v) is 12.4. The Morgan fingerprint density at radius 1 is 0.886 bits per heavy atom. The molecule has 0 bridgehead atoms. The van der Waals surface area contributed by atoms with Crippen molar-refractivity contribution in [2.45, 2.75) is 65.0 Å². The van der Waals surface area contributed by atoms with Crippen LogP contribution >= 0.6 is 0 Å². The molecule has 3 atom stereocenters. The minimum absolute atomic E-state index is 0.0857. The van der Waals surface area contributed by atoms with Crippen LogP contribution < -0.4 is 10.6 Å². The minimum atomic E-state index is -1.08. The van der Waals surface area contributed by atoms with Gasteiger partial charge in [-0.05, 0) is 46.9 Å². The van der Waals surface area contributed by atoms with Crippen LogP contribution in [0.2, 0.25) is 0 Å². The minimum Gasteiger partial charge on any atom is -0.480 e. The largest absolute Gasteiger partial charge is 0.480 e. The molecule has 0 spiro atoms. The molecule has 0 heterocycles. The van der Waals surface area contributed by atoms with Crippen LogP contribution in [-0.4, -0.2) is 41.8 Å². The monoisotopic (exact) mass is 480 g/mol. The third-order valence-electron chi connectivity index (χ3n) is 6.61. The molecule has 35 heavy (non-hydrogen) atoms. The molecule has 188 valence electrons. The fourth-order valence-electron chi connectivity index (χ4n) is 4.55. The lowest BCUT2D eigenvalue weighted by Gasteiger charge is -2.24. The number of hydrogen-bond acceptors (Lipinski definition) is 4. The van der Waals surface area contributed by atoms with Gasteiger partial charge in [-0.2, -0.15) is 0 Å². The Labute approximate surface area is 207 Å². The van der Waals surface area contributed by atoms with Crippen LogP contribution in [0.4, 0.5) is 4.79 Å². The van der Waals surface area contributed by atoms with Crippen LogP contribution in [0.1, 0.15) is 64.0 Å². The van der Waals surface area contributed by atoms with Crippen molar-refractivity contribution in [1.29, 1.82) is 0 Å². The molecular weight excluding hydrogens is 444 g/mol. The summed E-state index contributed by atoms with van der Waals surface area (Å²) in [4.78, 5) is 37.4. The first-order valence-electron chi connectivity index (χ1n) is 12.4. The van der Waals surface area contributed by atoms with Gasteiger partial charge in [0.2, 0.25) is 5.91 Å². The Kier molecular flexibility index (Phi) is 8.90. The zero-order valence-corrected chi connectivity index (χ0v) is 20.9. The summed E-state index contributed by atoms with van der Waals surface area (Å²) in [6, 6.07) is 14.3. The number of hydrogen-bond donors (Lipinski definition) is 3. The molecule has 7 nitrogen and oxygen atoms in total. The maximum atomic E-state index is 12.9. The van der Waals surface area contributed by atoms with Gasteiger partial charge in [-0.25, -0.2) is 9.59 Å². The zero-order chi connectivity index (χ0) is 25.5. The fourth-order valence-corrected chi connectivity index (χ4v) is 4.55. The summed E-state index contributed by atoms with van der Waals surface area (Å²) in [5.74, 6) is -1.42. The fraction of sp³-hybridized carbons (Fsp3) is 0.464. The topological polar surface area (TPSA) is 105 Å². The molecule has 1 aliphatic carbocycles. The highest BCUT2D eigenvalue weighted by Gasteiger charge is 2.31. The normalized spacial score (nSPS) is 15.0. The second-order valence-electron chi connectivity index (χ2n) is 9.80. The van der Waals surface area contributed by atoms with Crippen molar-refractivity contribution in [3.8, 4) is 11.1 Å². The van der Waals surface area contributed by atoms with Crippen LogP contribution in [-0.2, 0) is 14.3 Å². The van der Waals surface area contributed by atoms with Gasteiger partial charge in [0.1, 0.15) is 18.7 Å². The first-order chi connectivity index (χ1) is 16.7. The number of carbonyl (C=O) groups excluding carboxylic acids is 2. The van der Waals surface area contributed by atoms with E-state index in [1.165, 1.54) is 0 Å². The molecule has 2 unspecified atom stereocenters. The van der Waals surface area contributed by atoms with E-state index in [0.717, 1.165) is 28.7 Å². The predicted molar refractivity (Wildman–Crippen MR) is 135 cm³/mol. The van der Waals surface area contributed by atoms with Gasteiger partial charge in [0.25, 0.3) is 0 Å². The van der Waals surface area contributed by atoms with Gasteiger partial charge in [0, 0.05) is 5.92 Å². The molecule has 1 aliphatic rings. The van der Waals surface area contributed by atoms with Crippen molar-refractivity contribution in [2.75, 3.05) is 6.61 Å². The molecule has 0 aromatic heterocycles. The number of amides is 2. The first kappa shape index (κ1) is 26.3. The number of aliphatic carboxylic acids is 1. The standard InChI is InChI=1S/C28H36N2O5/c1-5-18(4)15-25(27(32)33)29-26(31)24(14-17(2)3)30-28(34)35-16-23-21-12-8-6-10-19(21)20-11-7-9-13-22(20)23/h6-13,17-18,23-25H,5,14-16H2,1-4H3,(H,29,31)(H,30,34)(H,32,33)/t18?,24-,25?/m0/s1. The average molecular weight is 481 g/mol. The second kappa shape index (κ2) is 11.9. The van der Waals surface area contributed by atoms with Crippen LogP contribution in [0.3, 0.4) is 0 Å². The molecule has 2 aromatic rings. The van der Waals surface area contributed by atoms with E-state index in [9.17, 15) is 19.5 Å². The smallest absolute Gasteiger partial charge is 0.407 e. The van der Waals surface area contributed by atoms with Crippen molar-refractivity contribution in [2.24, 2.45) is 11.8 Å². The highest BCUT2D eigenvalue weighted by molar-refractivity contribution is 5.89. The molecule has 2 amide bonds. The molecule has 2 aromatic carbocycles. The number of benzene rings is 2. The van der Waals surface area contributed by atoms with Crippen molar-refractivity contribution in [3.05, 3.63) is 59.7 Å². The quantitative estimate of drug-likeness (QED) is 0.422. The van der Waals surface area contributed by atoms with E-state index in [-0.39, 0.29) is 24.4 Å².